The van der Waals surface area contributed by atoms with Gasteiger partial charge in [-0.25, -0.2) is 0 Å². The molecule has 2 heterocycles. The van der Waals surface area contributed by atoms with Crippen LogP contribution in [0.15, 0.2) is 18.2 Å². The SMILES string of the molecule is Nc1cccc2c1C(=O)CC1(CCNCC1)O2. The van der Waals surface area contributed by atoms with E-state index in [0.717, 1.165) is 25.9 Å². The lowest BCUT2D eigenvalue weighted by Gasteiger charge is -2.41. The number of fused-ring (bicyclic) bond motifs is 1. The number of ketones is 1. The van der Waals surface area contributed by atoms with Crippen molar-refractivity contribution in [2.45, 2.75) is 24.9 Å². The zero-order chi connectivity index (χ0) is 11.9. The van der Waals surface area contributed by atoms with Gasteiger partial charge in [-0.1, -0.05) is 6.07 Å². The second-order valence-electron chi connectivity index (χ2n) is 4.86. The zero-order valence-corrected chi connectivity index (χ0v) is 9.66. The first-order chi connectivity index (χ1) is 8.20. The molecule has 3 rings (SSSR count). The van der Waals surface area contributed by atoms with E-state index in [1.54, 1.807) is 6.07 Å². The third-order valence-corrected chi connectivity index (χ3v) is 3.66. The molecule has 4 heteroatoms. The molecule has 0 atom stereocenters. The standard InChI is InChI=1S/C13H16N2O2/c14-9-2-1-3-11-12(9)10(16)8-13(17-11)4-6-15-7-5-13/h1-3,15H,4-8,14H2. The van der Waals surface area contributed by atoms with Crippen molar-refractivity contribution in [1.29, 1.82) is 0 Å². The molecule has 17 heavy (non-hydrogen) atoms. The number of carbonyl (C=O) groups excluding carboxylic acids is 1. The van der Waals surface area contributed by atoms with Gasteiger partial charge in [-0.2, -0.15) is 0 Å². The molecule has 1 fully saturated rings. The van der Waals surface area contributed by atoms with Gasteiger partial charge in [-0.15, -0.1) is 0 Å². The van der Waals surface area contributed by atoms with E-state index in [1.165, 1.54) is 0 Å². The fraction of sp³-hybridized carbons (Fsp3) is 0.462. The molecule has 0 bridgehead atoms. The van der Waals surface area contributed by atoms with Crippen molar-refractivity contribution in [3.8, 4) is 5.75 Å². The molecule has 2 aliphatic heterocycles. The molecule has 0 radical (unpaired) electrons. The van der Waals surface area contributed by atoms with Gasteiger partial charge in [0.05, 0.1) is 12.0 Å². The Balaban J connectivity index is 2.00. The molecule has 0 aromatic heterocycles. The maximum absolute atomic E-state index is 12.2. The van der Waals surface area contributed by atoms with Gasteiger partial charge in [0.15, 0.2) is 5.78 Å². The van der Waals surface area contributed by atoms with E-state index in [1.807, 2.05) is 12.1 Å². The highest BCUT2D eigenvalue weighted by atomic mass is 16.5. The summed E-state index contributed by atoms with van der Waals surface area (Å²) in [6.45, 7) is 1.82. The van der Waals surface area contributed by atoms with Crippen LogP contribution in [0.25, 0.3) is 0 Å². The third-order valence-electron chi connectivity index (χ3n) is 3.66. The minimum Gasteiger partial charge on any atom is -0.486 e. The van der Waals surface area contributed by atoms with Gasteiger partial charge in [0.2, 0.25) is 0 Å². The first-order valence-corrected chi connectivity index (χ1v) is 6.02. The Morgan fingerprint density at radius 1 is 1.29 bits per heavy atom. The summed E-state index contributed by atoms with van der Waals surface area (Å²) in [5.74, 6) is 0.773. The molecule has 90 valence electrons. The highest BCUT2D eigenvalue weighted by Crippen LogP contribution is 2.40. The summed E-state index contributed by atoms with van der Waals surface area (Å²) in [6, 6.07) is 5.43. The summed E-state index contributed by atoms with van der Waals surface area (Å²) in [5.41, 5.74) is 6.62. The van der Waals surface area contributed by atoms with Crippen LogP contribution < -0.4 is 15.8 Å². The second kappa shape index (κ2) is 3.74. The van der Waals surface area contributed by atoms with Gasteiger partial charge in [-0.3, -0.25) is 4.79 Å². The Morgan fingerprint density at radius 3 is 2.82 bits per heavy atom. The number of rotatable bonds is 0. The lowest BCUT2D eigenvalue weighted by atomic mass is 9.82. The number of Topliss-reactive ketones (excluding diaryl/α,β-unsaturated/α-hetero) is 1. The number of nitrogens with two attached hydrogens (primary N) is 1. The molecule has 2 aliphatic rings. The predicted octanol–water partition coefficient (Wildman–Crippen LogP) is 1.36. The maximum Gasteiger partial charge on any atom is 0.172 e. The van der Waals surface area contributed by atoms with E-state index in [0.29, 0.717) is 23.4 Å². The fourth-order valence-electron chi connectivity index (χ4n) is 2.74. The van der Waals surface area contributed by atoms with Crippen molar-refractivity contribution in [1.82, 2.24) is 5.32 Å². The Morgan fingerprint density at radius 2 is 2.06 bits per heavy atom. The topological polar surface area (TPSA) is 64.4 Å². The highest BCUT2D eigenvalue weighted by Gasteiger charge is 2.41. The van der Waals surface area contributed by atoms with E-state index < -0.39 is 0 Å². The normalized spacial score (nSPS) is 22.0. The van der Waals surface area contributed by atoms with E-state index in [4.69, 9.17) is 10.5 Å². The molecule has 1 saturated heterocycles. The number of hydrogen-bond acceptors (Lipinski definition) is 4. The Kier molecular flexibility index (Phi) is 2.33. The summed E-state index contributed by atoms with van der Waals surface area (Å²) >= 11 is 0. The number of benzene rings is 1. The quantitative estimate of drug-likeness (QED) is 0.663. The van der Waals surface area contributed by atoms with Gasteiger partial charge in [0.1, 0.15) is 11.4 Å². The number of nitrogens with one attached hydrogen (secondary N) is 1. The van der Waals surface area contributed by atoms with E-state index in [-0.39, 0.29) is 11.4 Å². The predicted molar refractivity (Wildman–Crippen MR) is 65.3 cm³/mol. The molecule has 1 aromatic rings. The number of piperidine rings is 1. The summed E-state index contributed by atoms with van der Waals surface area (Å²) in [6.07, 6.45) is 2.22. The van der Waals surface area contributed by atoms with Crippen molar-refractivity contribution in [2.75, 3.05) is 18.8 Å². The highest BCUT2D eigenvalue weighted by molar-refractivity contribution is 6.04. The van der Waals surface area contributed by atoms with Crippen LogP contribution in [0.3, 0.4) is 0 Å². The molecule has 0 amide bonds. The van der Waals surface area contributed by atoms with Crippen molar-refractivity contribution in [2.24, 2.45) is 0 Å². The van der Waals surface area contributed by atoms with Crippen molar-refractivity contribution >= 4 is 11.5 Å². The van der Waals surface area contributed by atoms with E-state index >= 15 is 0 Å². The van der Waals surface area contributed by atoms with Crippen LogP contribution in [0.4, 0.5) is 5.69 Å². The van der Waals surface area contributed by atoms with Crippen LogP contribution in [0.1, 0.15) is 29.6 Å². The zero-order valence-electron chi connectivity index (χ0n) is 9.66. The summed E-state index contributed by atoms with van der Waals surface area (Å²) < 4.78 is 6.07. The van der Waals surface area contributed by atoms with Crippen LogP contribution in [0.2, 0.25) is 0 Å². The van der Waals surface area contributed by atoms with Crippen LogP contribution in [-0.4, -0.2) is 24.5 Å². The van der Waals surface area contributed by atoms with Crippen molar-refractivity contribution in [3.05, 3.63) is 23.8 Å². The number of ether oxygens (including phenoxy) is 1. The number of nitrogen functional groups attached to an aromatic ring is 1. The van der Waals surface area contributed by atoms with Crippen molar-refractivity contribution in [3.63, 3.8) is 0 Å². The van der Waals surface area contributed by atoms with Gasteiger partial charge >= 0.3 is 0 Å². The first-order valence-electron chi connectivity index (χ1n) is 6.02. The van der Waals surface area contributed by atoms with Gasteiger partial charge < -0.3 is 15.8 Å². The number of anilines is 1. The first kappa shape index (κ1) is 10.6. The van der Waals surface area contributed by atoms with Crippen LogP contribution >= 0.6 is 0 Å². The molecule has 4 nitrogen and oxygen atoms in total. The third kappa shape index (κ3) is 1.69. The van der Waals surface area contributed by atoms with Gasteiger partial charge in [0, 0.05) is 18.5 Å². The van der Waals surface area contributed by atoms with Crippen LogP contribution in [0.5, 0.6) is 5.75 Å². The van der Waals surface area contributed by atoms with Gasteiger partial charge in [-0.05, 0) is 25.2 Å². The lowest BCUT2D eigenvalue weighted by Crippen LogP contribution is -2.49. The Hall–Kier alpha value is -1.55. The molecule has 3 N–H and O–H groups in total. The smallest absolute Gasteiger partial charge is 0.172 e. The Labute approximate surface area is 100 Å². The van der Waals surface area contributed by atoms with Gasteiger partial charge in [0.25, 0.3) is 0 Å². The second-order valence-corrected chi connectivity index (χ2v) is 4.86. The molecular formula is C13H16N2O2. The summed E-state index contributed by atoms with van der Waals surface area (Å²) in [4.78, 5) is 12.2. The fourth-order valence-corrected chi connectivity index (χ4v) is 2.74. The van der Waals surface area contributed by atoms with E-state index in [9.17, 15) is 4.79 Å². The molecule has 1 spiro atoms. The average molecular weight is 232 g/mol. The minimum atomic E-state index is -0.302. The van der Waals surface area contributed by atoms with E-state index in [2.05, 4.69) is 5.32 Å². The number of carbonyl (C=O) groups is 1. The summed E-state index contributed by atoms with van der Waals surface area (Å²) in [7, 11) is 0. The summed E-state index contributed by atoms with van der Waals surface area (Å²) in [5, 5.41) is 3.29. The average Bonchev–Trinajstić information content (AvgIpc) is 2.29. The monoisotopic (exact) mass is 232 g/mol. The largest absolute Gasteiger partial charge is 0.486 e. The molecule has 0 saturated carbocycles. The molecule has 0 unspecified atom stereocenters. The van der Waals surface area contributed by atoms with Crippen LogP contribution in [0, 0.1) is 0 Å². The minimum absolute atomic E-state index is 0.117. The van der Waals surface area contributed by atoms with Crippen LogP contribution in [-0.2, 0) is 0 Å². The molecule has 1 aromatic carbocycles. The number of hydrogen-bond donors (Lipinski definition) is 2. The lowest BCUT2D eigenvalue weighted by molar-refractivity contribution is 0.0189. The molecule has 0 aliphatic carbocycles. The molecular weight excluding hydrogens is 216 g/mol. The maximum atomic E-state index is 12.2. The van der Waals surface area contributed by atoms with Crippen molar-refractivity contribution < 1.29 is 9.53 Å². The Bertz CT molecular complexity index is 464.